The van der Waals surface area contributed by atoms with Crippen LogP contribution in [0.2, 0.25) is 0 Å². The Kier molecular flexibility index (Phi) is 7.52. The zero-order valence-corrected chi connectivity index (χ0v) is 15.5. The molecule has 0 aromatic rings. The monoisotopic (exact) mass is 355 g/mol. The van der Waals surface area contributed by atoms with Crippen LogP contribution < -0.4 is 9.41 Å². The van der Waals surface area contributed by atoms with Crippen LogP contribution in [0.25, 0.3) is 0 Å². The summed E-state index contributed by atoms with van der Waals surface area (Å²) in [5.74, 6) is 0.616. The molecule has 0 bridgehead atoms. The molecule has 20 heavy (non-hydrogen) atoms. The van der Waals surface area contributed by atoms with E-state index in [-0.39, 0.29) is 9.41 Å². The van der Waals surface area contributed by atoms with Crippen LogP contribution >= 0.6 is 0 Å². The van der Waals surface area contributed by atoms with Gasteiger partial charge in [-0.1, -0.05) is 0 Å². The van der Waals surface area contributed by atoms with Gasteiger partial charge < -0.3 is 9.41 Å². The van der Waals surface area contributed by atoms with E-state index in [9.17, 15) is 0 Å². The third kappa shape index (κ3) is 3.13. The first kappa shape index (κ1) is 19.7. The van der Waals surface area contributed by atoms with E-state index in [4.69, 9.17) is 0 Å². The number of halogens is 2. The molecule has 0 saturated carbocycles. The minimum atomic E-state index is 0. The SMILES string of the molecule is CCCC1=[C]([Zr+2])CC=C1C1=C(C)C(C)=C(C)C1C.[F-].[F-]. The standard InChI is InChI=1S/C17H23.2FH.Zr/c1-6-8-15-9-7-10-16(15)17-13(4)11(2)12(3)14(17)5;;;/h10,13H,6-8H2,1-5H3;2*1H;/q;;;+2/p-2. The van der Waals surface area contributed by atoms with Crippen LogP contribution in [0.1, 0.15) is 53.9 Å². The van der Waals surface area contributed by atoms with E-state index in [2.05, 4.69) is 40.7 Å². The van der Waals surface area contributed by atoms with Crippen molar-refractivity contribution in [1.82, 2.24) is 0 Å². The molecular formula is C17H23F2Zr. The summed E-state index contributed by atoms with van der Waals surface area (Å²) in [5, 5.41) is 0. The Bertz CT molecular complexity index is 507. The van der Waals surface area contributed by atoms with Crippen LogP contribution in [0.3, 0.4) is 0 Å². The van der Waals surface area contributed by atoms with E-state index in [1.165, 1.54) is 30.4 Å². The third-order valence-electron chi connectivity index (χ3n) is 4.63. The molecule has 0 aromatic carbocycles. The largest absolute Gasteiger partial charge is 1.00 e. The summed E-state index contributed by atoms with van der Waals surface area (Å²) in [6.45, 7) is 11.6. The van der Waals surface area contributed by atoms with Gasteiger partial charge in [-0.25, -0.2) is 0 Å². The van der Waals surface area contributed by atoms with Gasteiger partial charge in [0.05, 0.1) is 0 Å². The van der Waals surface area contributed by atoms with Crippen molar-refractivity contribution in [1.29, 1.82) is 0 Å². The van der Waals surface area contributed by atoms with Gasteiger partial charge in [0.25, 0.3) is 0 Å². The number of hydrogen-bond acceptors (Lipinski definition) is 0. The van der Waals surface area contributed by atoms with E-state index in [1.807, 2.05) is 0 Å². The van der Waals surface area contributed by atoms with Crippen LogP contribution in [-0.4, -0.2) is 0 Å². The first-order chi connectivity index (χ1) is 8.49. The molecule has 0 fully saturated rings. The Morgan fingerprint density at radius 1 is 1.15 bits per heavy atom. The van der Waals surface area contributed by atoms with E-state index >= 15 is 0 Å². The van der Waals surface area contributed by atoms with Crippen LogP contribution in [-0.2, 0) is 24.7 Å². The van der Waals surface area contributed by atoms with Gasteiger partial charge in [-0.2, -0.15) is 0 Å². The van der Waals surface area contributed by atoms with E-state index in [0.717, 1.165) is 0 Å². The molecule has 3 heteroatoms. The van der Waals surface area contributed by atoms with E-state index in [0.29, 0.717) is 5.92 Å². The molecule has 0 radical (unpaired) electrons. The van der Waals surface area contributed by atoms with Crippen molar-refractivity contribution in [3.8, 4) is 0 Å². The second-order valence-corrected chi connectivity index (χ2v) is 7.08. The van der Waals surface area contributed by atoms with Crippen LogP contribution in [0.5, 0.6) is 0 Å². The van der Waals surface area contributed by atoms with Gasteiger partial charge in [-0.15, -0.1) is 0 Å². The molecule has 2 aliphatic rings. The number of rotatable bonds is 3. The summed E-state index contributed by atoms with van der Waals surface area (Å²) in [6.07, 6.45) is 6.20. The topological polar surface area (TPSA) is 0 Å². The molecule has 0 amide bonds. The molecule has 1 atom stereocenters. The van der Waals surface area contributed by atoms with Crippen LogP contribution in [0.4, 0.5) is 0 Å². The zero-order chi connectivity index (χ0) is 13.4. The van der Waals surface area contributed by atoms with Crippen molar-refractivity contribution >= 4 is 0 Å². The molecule has 0 spiro atoms. The van der Waals surface area contributed by atoms with Gasteiger partial charge in [0.1, 0.15) is 0 Å². The molecule has 2 rings (SSSR count). The van der Waals surface area contributed by atoms with Gasteiger partial charge in [0.15, 0.2) is 0 Å². The van der Waals surface area contributed by atoms with Crippen LogP contribution in [0, 0.1) is 5.92 Å². The summed E-state index contributed by atoms with van der Waals surface area (Å²) >= 11 is 1.61. The van der Waals surface area contributed by atoms with Crippen LogP contribution in [0.15, 0.2) is 42.8 Å². The molecule has 109 valence electrons. The quantitative estimate of drug-likeness (QED) is 0.623. The summed E-state index contributed by atoms with van der Waals surface area (Å²) < 4.78 is 1.67. The first-order valence-corrected chi connectivity index (χ1v) is 8.24. The van der Waals surface area contributed by atoms with Gasteiger partial charge in [0, 0.05) is 0 Å². The Balaban J connectivity index is 0.00000180. The van der Waals surface area contributed by atoms with Gasteiger partial charge in [-0.3, -0.25) is 0 Å². The van der Waals surface area contributed by atoms with Gasteiger partial charge in [0.2, 0.25) is 0 Å². The Morgan fingerprint density at radius 2 is 1.75 bits per heavy atom. The first-order valence-electron chi connectivity index (χ1n) is 7.02. The molecule has 0 heterocycles. The Labute approximate surface area is 136 Å². The average molecular weight is 357 g/mol. The van der Waals surface area contributed by atoms with E-state index in [1.54, 1.807) is 50.3 Å². The minimum absolute atomic E-state index is 0. The Morgan fingerprint density at radius 3 is 2.20 bits per heavy atom. The minimum Gasteiger partial charge on any atom is -1.00 e. The second kappa shape index (κ2) is 7.64. The maximum Gasteiger partial charge on any atom is -1.00 e. The maximum absolute atomic E-state index is 2.48. The Hall–Kier alpha value is -0.297. The van der Waals surface area contributed by atoms with Crippen molar-refractivity contribution in [3.63, 3.8) is 0 Å². The fraction of sp³-hybridized carbons (Fsp3) is 0.529. The summed E-state index contributed by atoms with van der Waals surface area (Å²) in [5.41, 5.74) is 9.49. The molecule has 0 N–H and O–H groups in total. The summed E-state index contributed by atoms with van der Waals surface area (Å²) in [7, 11) is 0. The molecule has 1 unspecified atom stereocenters. The maximum atomic E-state index is 2.48. The average Bonchev–Trinajstić information content (AvgIpc) is 2.77. The summed E-state index contributed by atoms with van der Waals surface area (Å²) in [6, 6.07) is 0. The summed E-state index contributed by atoms with van der Waals surface area (Å²) in [4.78, 5) is 0. The third-order valence-corrected chi connectivity index (χ3v) is 5.87. The zero-order valence-electron chi connectivity index (χ0n) is 13.0. The molecular weight excluding hydrogens is 333 g/mol. The smallest absolute Gasteiger partial charge is 1.00 e. The molecule has 0 aromatic heterocycles. The predicted octanol–water partition coefficient (Wildman–Crippen LogP) is -0.772. The normalized spacial score (nSPS) is 22.1. The van der Waals surface area contributed by atoms with Gasteiger partial charge in [-0.05, 0) is 0 Å². The van der Waals surface area contributed by atoms with Gasteiger partial charge >= 0.3 is 127 Å². The number of hydrogen-bond donors (Lipinski definition) is 0. The molecule has 2 aliphatic carbocycles. The van der Waals surface area contributed by atoms with Crippen molar-refractivity contribution < 1.29 is 34.1 Å². The molecule has 0 nitrogen and oxygen atoms in total. The second-order valence-electron chi connectivity index (χ2n) is 5.60. The predicted molar refractivity (Wildman–Crippen MR) is 74.9 cm³/mol. The molecule has 0 saturated heterocycles. The van der Waals surface area contributed by atoms with Crippen molar-refractivity contribution in [2.75, 3.05) is 0 Å². The van der Waals surface area contributed by atoms with Crippen molar-refractivity contribution in [3.05, 3.63) is 42.8 Å². The van der Waals surface area contributed by atoms with Crippen molar-refractivity contribution in [2.45, 2.75) is 53.9 Å². The molecule has 0 aliphatic heterocycles. The van der Waals surface area contributed by atoms with E-state index < -0.39 is 0 Å². The van der Waals surface area contributed by atoms with Crippen molar-refractivity contribution in [2.24, 2.45) is 5.92 Å². The number of allylic oxidation sites excluding steroid dienone is 8. The fourth-order valence-corrected chi connectivity index (χ4v) is 4.11. The fourth-order valence-electron chi connectivity index (χ4n) is 3.22.